The molecule has 2 nitrogen and oxygen atoms in total. The molecule has 0 amide bonds. The first-order valence-corrected chi connectivity index (χ1v) is 1.62. The Morgan fingerprint density at radius 3 is 2.17 bits per heavy atom. The maximum Gasteiger partial charge on any atom is 3.00 e. The molecule has 0 rings (SSSR count). The summed E-state index contributed by atoms with van der Waals surface area (Å²) < 4.78 is 0. The zero-order valence-corrected chi connectivity index (χ0v) is 7.07. The van der Waals surface area contributed by atoms with Crippen LogP contribution in [0, 0.1) is 0 Å². The Morgan fingerprint density at radius 2 is 2.17 bits per heavy atom. The Balaban J connectivity index is 0. The summed E-state index contributed by atoms with van der Waals surface area (Å²) in [6.45, 7) is 0.764. The molecule has 0 aliphatic carbocycles. The first kappa shape index (κ1) is 10.1. The van der Waals surface area contributed by atoms with E-state index in [-0.39, 0.29) is 32.7 Å². The van der Waals surface area contributed by atoms with Crippen molar-refractivity contribution in [3.8, 4) is 0 Å². The quantitative estimate of drug-likeness (QED) is 0.615. The van der Waals surface area contributed by atoms with Crippen LogP contribution in [0.2, 0.25) is 0 Å². The second kappa shape index (κ2) is 9.39. The van der Waals surface area contributed by atoms with Gasteiger partial charge in [-0.3, -0.25) is 0 Å². The molecule has 0 radical (unpaired) electrons. The van der Waals surface area contributed by atoms with Crippen LogP contribution in [-0.4, -0.2) is 20.8 Å². The average Bonchev–Trinajstić information content (AvgIpc) is 1.41. The fourth-order valence-corrected chi connectivity index (χ4v) is 0.158. The largest absolute Gasteiger partial charge is 3.00 e. The Labute approximate surface area is 64.0 Å². The smallest absolute Gasteiger partial charge is 0.653 e. The van der Waals surface area contributed by atoms with E-state index in [9.17, 15) is 0 Å². The third kappa shape index (κ3) is 8.90. The van der Waals surface area contributed by atoms with Gasteiger partial charge in [-0.25, -0.2) is 0 Å². The summed E-state index contributed by atoms with van der Waals surface area (Å²) in [6.07, 6.45) is 0. The summed E-state index contributed by atoms with van der Waals surface area (Å²) in [4.78, 5) is 0. The molecule has 0 fully saturated rings. The van der Waals surface area contributed by atoms with Crippen molar-refractivity contribution >= 4 is 0 Å². The van der Waals surface area contributed by atoms with Crippen molar-refractivity contribution in [1.82, 2.24) is 5.32 Å². The molecule has 0 aromatic heterocycles. The van der Waals surface area contributed by atoms with Crippen molar-refractivity contribution in [3.63, 3.8) is 0 Å². The van der Waals surface area contributed by atoms with Crippen LogP contribution in [0.25, 0.3) is 5.32 Å². The molecule has 0 unspecified atom stereocenters. The van der Waals surface area contributed by atoms with E-state index < -0.39 is 0 Å². The summed E-state index contributed by atoms with van der Waals surface area (Å²) in [5.74, 6) is 0. The van der Waals surface area contributed by atoms with Gasteiger partial charge in [0, 0.05) is 0 Å². The van der Waals surface area contributed by atoms with Crippen LogP contribution in [0.4, 0.5) is 0 Å². The fourth-order valence-electron chi connectivity index (χ4n) is 0.158. The van der Waals surface area contributed by atoms with E-state index in [4.69, 9.17) is 0 Å². The molecule has 32 valence electrons. The normalized spacial score (nSPS) is 7.00. The molecule has 0 aromatic carbocycles. The Kier molecular flexibility index (Phi) is 15.8. The van der Waals surface area contributed by atoms with E-state index in [1.165, 1.54) is 0 Å². The molecule has 0 aliphatic heterocycles. The Morgan fingerprint density at radius 1 is 1.67 bits per heavy atom. The molecule has 0 saturated heterocycles. The minimum absolute atomic E-state index is 0. The van der Waals surface area contributed by atoms with E-state index in [1.54, 1.807) is 7.05 Å². The van der Waals surface area contributed by atoms with E-state index in [0.29, 0.717) is 0 Å². The van der Waals surface area contributed by atoms with Gasteiger partial charge in [-0.05, 0) is 7.05 Å². The van der Waals surface area contributed by atoms with Crippen LogP contribution >= 0.6 is 0 Å². The topological polar surface area (TPSA) is 26.1 Å². The van der Waals surface area contributed by atoms with Crippen LogP contribution in [0.15, 0.2) is 0 Å². The zero-order chi connectivity index (χ0) is 4.12. The third-order valence-corrected chi connectivity index (χ3v) is 0.316. The molecule has 0 saturated carbocycles. The first-order chi connectivity index (χ1) is 2.41. The van der Waals surface area contributed by atoms with Gasteiger partial charge in [0.1, 0.15) is 0 Å². The summed E-state index contributed by atoms with van der Waals surface area (Å²) >= 11 is 0. The second-order valence-corrected chi connectivity index (χ2v) is 0.828. The van der Waals surface area contributed by atoms with Gasteiger partial charge in [0.2, 0.25) is 0 Å². The molecule has 1 N–H and O–H groups in total. The van der Waals surface area contributed by atoms with Gasteiger partial charge in [0.25, 0.3) is 0 Å². The van der Waals surface area contributed by atoms with Crippen LogP contribution in [0.1, 0.15) is 0 Å². The van der Waals surface area contributed by atoms with Crippen LogP contribution < -0.4 is 5.32 Å². The summed E-state index contributed by atoms with van der Waals surface area (Å²) in [7, 11) is 3.64. The monoisotopic (exact) mass is 162 g/mol. The molecular formula is C3H9N2Y+2. The van der Waals surface area contributed by atoms with E-state index in [1.807, 2.05) is 7.05 Å². The molecule has 0 atom stereocenters. The van der Waals surface area contributed by atoms with E-state index >= 15 is 0 Å². The predicted molar refractivity (Wildman–Crippen MR) is 23.2 cm³/mol. The number of hydrogen-bond acceptors (Lipinski definition) is 1. The van der Waals surface area contributed by atoms with Gasteiger partial charge in [0.15, 0.2) is 0 Å². The van der Waals surface area contributed by atoms with Gasteiger partial charge < -0.3 is 10.6 Å². The molecule has 0 heterocycles. The first-order valence-electron chi connectivity index (χ1n) is 1.62. The SMILES string of the molecule is C[N-]CNC.[Y+3]. The fraction of sp³-hybridized carbons (Fsp3) is 1.00. The summed E-state index contributed by atoms with van der Waals surface area (Å²) in [5.41, 5.74) is 0. The van der Waals surface area contributed by atoms with Crippen molar-refractivity contribution < 1.29 is 32.7 Å². The minimum Gasteiger partial charge on any atom is -0.653 e. The van der Waals surface area contributed by atoms with Gasteiger partial charge in [-0.1, -0.05) is 6.67 Å². The van der Waals surface area contributed by atoms with Crippen molar-refractivity contribution in [2.75, 3.05) is 20.8 Å². The van der Waals surface area contributed by atoms with Crippen LogP contribution in [-0.2, 0) is 32.7 Å². The number of rotatable bonds is 2. The van der Waals surface area contributed by atoms with E-state index in [2.05, 4.69) is 10.6 Å². The van der Waals surface area contributed by atoms with Crippen LogP contribution in [0.5, 0.6) is 0 Å². The van der Waals surface area contributed by atoms with Crippen molar-refractivity contribution in [2.24, 2.45) is 0 Å². The molecule has 0 aromatic rings. The van der Waals surface area contributed by atoms with Gasteiger partial charge in [-0.2, -0.15) is 7.05 Å². The molecule has 0 spiro atoms. The molecule has 6 heavy (non-hydrogen) atoms. The maximum atomic E-state index is 3.74. The molecule has 0 aliphatic rings. The van der Waals surface area contributed by atoms with Crippen LogP contribution in [0.3, 0.4) is 0 Å². The zero-order valence-electron chi connectivity index (χ0n) is 4.23. The number of nitrogens with zero attached hydrogens (tertiary/aromatic N) is 1. The third-order valence-electron chi connectivity index (χ3n) is 0.316. The van der Waals surface area contributed by atoms with Gasteiger partial charge >= 0.3 is 32.7 Å². The van der Waals surface area contributed by atoms with E-state index in [0.717, 1.165) is 6.67 Å². The second-order valence-electron chi connectivity index (χ2n) is 0.828. The Bertz CT molecular complexity index is 16.3. The van der Waals surface area contributed by atoms with Crippen molar-refractivity contribution in [3.05, 3.63) is 5.32 Å². The summed E-state index contributed by atoms with van der Waals surface area (Å²) in [6, 6.07) is 0. The molecule has 3 heteroatoms. The molecule has 0 bridgehead atoms. The van der Waals surface area contributed by atoms with Gasteiger partial charge in [-0.15, -0.1) is 0 Å². The number of nitrogens with one attached hydrogen (secondary N) is 1. The maximum absolute atomic E-state index is 3.74. The van der Waals surface area contributed by atoms with Gasteiger partial charge in [0.05, 0.1) is 0 Å². The predicted octanol–water partition coefficient (Wildman–Crippen LogP) is 0.164. The van der Waals surface area contributed by atoms with Crippen molar-refractivity contribution in [1.29, 1.82) is 0 Å². The molecular weight excluding hydrogens is 153 g/mol. The number of hydrogen-bond donors (Lipinski definition) is 1. The van der Waals surface area contributed by atoms with Crippen molar-refractivity contribution in [2.45, 2.75) is 0 Å². The summed E-state index contributed by atoms with van der Waals surface area (Å²) in [5, 5.41) is 6.59. The standard InChI is InChI=1S/C3H9N2.Y/c1-4-3-5-2;/h4H,3H2,1-2H3;/q-1;+3. The average molecular weight is 162 g/mol. The minimum atomic E-state index is 0. The Hall–Kier alpha value is 1.02.